The summed E-state index contributed by atoms with van der Waals surface area (Å²) in [5, 5.41) is 4.00. The molecule has 1 aliphatic carbocycles. The third kappa shape index (κ3) is 3.30. The first-order valence-electron chi connectivity index (χ1n) is 9.29. The number of nitrogens with zero attached hydrogens (tertiary/aromatic N) is 2. The van der Waals surface area contributed by atoms with E-state index in [0.29, 0.717) is 28.8 Å². The molecule has 0 bridgehead atoms. The van der Waals surface area contributed by atoms with Gasteiger partial charge in [0, 0.05) is 23.4 Å². The molecule has 0 aliphatic heterocycles. The third-order valence-electron chi connectivity index (χ3n) is 5.06. The summed E-state index contributed by atoms with van der Waals surface area (Å²) in [5.41, 5.74) is 2.75. The lowest BCUT2D eigenvalue weighted by atomic mass is 10.1. The average Bonchev–Trinajstić information content (AvgIpc) is 3.49. The van der Waals surface area contributed by atoms with Gasteiger partial charge in [-0.25, -0.2) is 9.97 Å². The number of ether oxygens (including phenoxy) is 2. The molecule has 0 radical (unpaired) electrons. The van der Waals surface area contributed by atoms with Gasteiger partial charge in [-0.05, 0) is 38.3 Å². The van der Waals surface area contributed by atoms with Crippen LogP contribution in [0, 0.1) is 13.8 Å². The largest absolute Gasteiger partial charge is 0.493 e. The SMILES string of the molecule is COc1cccc(CNC(=O)c2sc3nc(C4CC4)nc(C)c3c2C)c1OC. The number of hydrogen-bond acceptors (Lipinski definition) is 6. The van der Waals surface area contributed by atoms with E-state index in [1.807, 2.05) is 32.0 Å². The van der Waals surface area contributed by atoms with E-state index in [1.165, 1.54) is 11.3 Å². The summed E-state index contributed by atoms with van der Waals surface area (Å²) in [4.78, 5) is 23.9. The molecule has 0 spiro atoms. The van der Waals surface area contributed by atoms with Crippen molar-refractivity contribution in [1.29, 1.82) is 0 Å². The molecule has 2 aromatic heterocycles. The summed E-state index contributed by atoms with van der Waals surface area (Å²) in [6.45, 7) is 4.32. The number of benzene rings is 1. The number of nitrogens with one attached hydrogen (secondary N) is 1. The maximum absolute atomic E-state index is 12.9. The van der Waals surface area contributed by atoms with Gasteiger partial charge in [0.1, 0.15) is 10.7 Å². The van der Waals surface area contributed by atoms with Crippen molar-refractivity contribution in [2.24, 2.45) is 0 Å². The minimum atomic E-state index is -0.113. The molecule has 28 heavy (non-hydrogen) atoms. The standard InChI is InChI=1S/C21H23N3O3S/c1-11-16-12(2)23-19(13-8-9-13)24-21(16)28-18(11)20(25)22-10-14-6-5-7-15(26-3)17(14)27-4/h5-7,13H,8-10H2,1-4H3,(H,22,25). The van der Waals surface area contributed by atoms with Gasteiger partial charge in [-0.2, -0.15) is 0 Å². The Morgan fingerprint density at radius 1 is 1.21 bits per heavy atom. The molecule has 1 saturated carbocycles. The van der Waals surface area contributed by atoms with Crippen LogP contribution in [0.2, 0.25) is 0 Å². The number of rotatable bonds is 6. The quantitative estimate of drug-likeness (QED) is 0.677. The lowest BCUT2D eigenvalue weighted by molar-refractivity contribution is 0.0954. The van der Waals surface area contributed by atoms with Gasteiger partial charge >= 0.3 is 0 Å². The topological polar surface area (TPSA) is 73.3 Å². The second kappa shape index (κ2) is 7.39. The summed E-state index contributed by atoms with van der Waals surface area (Å²) in [6, 6.07) is 5.63. The number of fused-ring (bicyclic) bond motifs is 1. The van der Waals surface area contributed by atoms with Gasteiger partial charge in [-0.1, -0.05) is 12.1 Å². The first-order valence-corrected chi connectivity index (χ1v) is 10.1. The molecule has 0 atom stereocenters. The minimum Gasteiger partial charge on any atom is -0.493 e. The Morgan fingerprint density at radius 2 is 2.00 bits per heavy atom. The molecule has 1 N–H and O–H groups in total. The zero-order valence-corrected chi connectivity index (χ0v) is 17.3. The predicted octanol–water partition coefficient (Wildman–Crippen LogP) is 4.13. The number of aromatic nitrogens is 2. The first kappa shape index (κ1) is 18.7. The Hall–Kier alpha value is -2.67. The maximum Gasteiger partial charge on any atom is 0.261 e. The van der Waals surface area contributed by atoms with Crippen LogP contribution in [0.1, 0.15) is 51.1 Å². The van der Waals surface area contributed by atoms with Gasteiger partial charge in [-0.3, -0.25) is 4.79 Å². The smallest absolute Gasteiger partial charge is 0.261 e. The highest BCUT2D eigenvalue weighted by atomic mass is 32.1. The second-order valence-corrected chi connectivity index (χ2v) is 8.01. The molecule has 7 heteroatoms. The molecule has 2 heterocycles. The van der Waals surface area contributed by atoms with Crippen molar-refractivity contribution >= 4 is 27.5 Å². The van der Waals surface area contributed by atoms with Crippen LogP contribution in [0.5, 0.6) is 11.5 Å². The monoisotopic (exact) mass is 397 g/mol. The molecular formula is C21H23N3O3S. The van der Waals surface area contributed by atoms with Gasteiger partial charge in [0.2, 0.25) is 0 Å². The summed E-state index contributed by atoms with van der Waals surface area (Å²) >= 11 is 1.44. The number of para-hydroxylation sites is 1. The predicted molar refractivity (Wildman–Crippen MR) is 110 cm³/mol. The highest BCUT2D eigenvalue weighted by Crippen LogP contribution is 2.40. The third-order valence-corrected chi connectivity index (χ3v) is 6.25. The van der Waals surface area contributed by atoms with Gasteiger partial charge in [-0.15, -0.1) is 11.3 Å². The van der Waals surface area contributed by atoms with Crippen molar-refractivity contribution in [1.82, 2.24) is 15.3 Å². The van der Waals surface area contributed by atoms with Gasteiger partial charge in [0.15, 0.2) is 11.5 Å². The Bertz CT molecular complexity index is 1060. The maximum atomic E-state index is 12.9. The van der Waals surface area contributed by atoms with E-state index in [4.69, 9.17) is 14.5 Å². The Morgan fingerprint density at radius 3 is 2.68 bits per heavy atom. The van der Waals surface area contributed by atoms with Crippen LogP contribution in [-0.2, 0) is 6.54 Å². The summed E-state index contributed by atoms with van der Waals surface area (Å²) < 4.78 is 10.8. The molecule has 1 fully saturated rings. The van der Waals surface area contributed by atoms with Crippen molar-refractivity contribution in [3.63, 3.8) is 0 Å². The van der Waals surface area contributed by atoms with E-state index in [0.717, 1.165) is 45.7 Å². The number of carbonyl (C=O) groups excluding carboxylic acids is 1. The van der Waals surface area contributed by atoms with E-state index < -0.39 is 0 Å². The molecule has 1 amide bonds. The normalized spacial score (nSPS) is 13.6. The van der Waals surface area contributed by atoms with E-state index in [9.17, 15) is 4.79 Å². The summed E-state index contributed by atoms with van der Waals surface area (Å²) in [7, 11) is 3.19. The van der Waals surface area contributed by atoms with Gasteiger partial charge < -0.3 is 14.8 Å². The first-order chi connectivity index (χ1) is 13.5. The molecule has 3 aromatic rings. The average molecular weight is 398 g/mol. The number of amides is 1. The van der Waals surface area contributed by atoms with Crippen LogP contribution < -0.4 is 14.8 Å². The van der Waals surface area contributed by atoms with E-state index in [-0.39, 0.29) is 5.91 Å². The fourth-order valence-corrected chi connectivity index (χ4v) is 4.60. The minimum absolute atomic E-state index is 0.113. The van der Waals surface area contributed by atoms with E-state index in [2.05, 4.69) is 10.3 Å². The molecule has 4 rings (SSSR count). The molecule has 1 aromatic carbocycles. The molecule has 146 valence electrons. The van der Waals surface area contributed by atoms with E-state index >= 15 is 0 Å². The van der Waals surface area contributed by atoms with Gasteiger partial charge in [0.05, 0.1) is 24.8 Å². The van der Waals surface area contributed by atoms with E-state index in [1.54, 1.807) is 14.2 Å². The van der Waals surface area contributed by atoms with Crippen molar-refractivity contribution in [3.8, 4) is 11.5 Å². The van der Waals surface area contributed by atoms with Crippen molar-refractivity contribution in [2.75, 3.05) is 14.2 Å². The zero-order valence-electron chi connectivity index (χ0n) is 16.5. The number of aryl methyl sites for hydroxylation is 2. The zero-order chi connectivity index (χ0) is 19.8. The Kier molecular flexibility index (Phi) is 4.93. The van der Waals surface area contributed by atoms with Crippen LogP contribution in [0.3, 0.4) is 0 Å². The molecule has 0 saturated heterocycles. The molecular weight excluding hydrogens is 374 g/mol. The summed E-state index contributed by atoms with van der Waals surface area (Å²) in [5.74, 6) is 2.57. The van der Waals surface area contributed by atoms with Crippen LogP contribution in [-0.4, -0.2) is 30.1 Å². The number of methoxy groups -OCH3 is 2. The molecule has 0 unspecified atom stereocenters. The highest BCUT2D eigenvalue weighted by molar-refractivity contribution is 7.20. The lowest BCUT2D eigenvalue weighted by Gasteiger charge is -2.13. The van der Waals surface area contributed by atoms with Crippen molar-refractivity contribution < 1.29 is 14.3 Å². The van der Waals surface area contributed by atoms with Crippen LogP contribution >= 0.6 is 11.3 Å². The highest BCUT2D eigenvalue weighted by Gasteiger charge is 2.28. The van der Waals surface area contributed by atoms with Crippen LogP contribution in [0.25, 0.3) is 10.2 Å². The fourth-order valence-electron chi connectivity index (χ4n) is 3.45. The number of hydrogen-bond donors (Lipinski definition) is 1. The Balaban J connectivity index is 1.59. The van der Waals surface area contributed by atoms with Gasteiger partial charge in [0.25, 0.3) is 5.91 Å². The number of thiophene rings is 1. The fraction of sp³-hybridized carbons (Fsp3) is 0.381. The Labute approximate surface area is 167 Å². The van der Waals surface area contributed by atoms with Crippen molar-refractivity contribution in [2.45, 2.75) is 39.2 Å². The summed E-state index contributed by atoms with van der Waals surface area (Å²) in [6.07, 6.45) is 2.32. The lowest BCUT2D eigenvalue weighted by Crippen LogP contribution is -2.22. The molecule has 6 nitrogen and oxygen atoms in total. The van der Waals surface area contributed by atoms with Crippen molar-refractivity contribution in [3.05, 3.63) is 45.7 Å². The van der Waals surface area contributed by atoms with Crippen LogP contribution in [0.4, 0.5) is 0 Å². The van der Waals surface area contributed by atoms with Crippen LogP contribution in [0.15, 0.2) is 18.2 Å². The molecule has 1 aliphatic rings. The second-order valence-electron chi connectivity index (χ2n) is 7.01. The number of carbonyl (C=O) groups is 1.